The van der Waals surface area contributed by atoms with E-state index in [0.717, 1.165) is 67.1 Å². The van der Waals surface area contributed by atoms with Gasteiger partial charge in [-0.1, -0.05) is 35.9 Å². The molecule has 0 saturated carbocycles. The molecular formula is C25H24ClN5. The molecule has 4 aromatic rings. The van der Waals surface area contributed by atoms with Gasteiger partial charge in [-0.2, -0.15) is 5.10 Å². The lowest BCUT2D eigenvalue weighted by atomic mass is 9.76. The maximum atomic E-state index is 6.51. The summed E-state index contributed by atoms with van der Waals surface area (Å²) in [5.74, 6) is 1.02. The summed E-state index contributed by atoms with van der Waals surface area (Å²) in [4.78, 5) is 12.1. The molecule has 1 spiro atoms. The average Bonchev–Trinajstić information content (AvgIpc) is 3.39. The van der Waals surface area contributed by atoms with Crippen LogP contribution in [-0.2, 0) is 12.8 Å². The molecule has 2 aliphatic rings. The third kappa shape index (κ3) is 3.02. The molecule has 1 aliphatic heterocycles. The van der Waals surface area contributed by atoms with E-state index in [-0.39, 0.29) is 0 Å². The Balaban J connectivity index is 1.33. The number of hydrogen-bond donors (Lipinski definition) is 0. The van der Waals surface area contributed by atoms with Crippen LogP contribution in [0.15, 0.2) is 54.9 Å². The van der Waals surface area contributed by atoms with Gasteiger partial charge in [-0.25, -0.2) is 9.50 Å². The third-order valence-corrected chi connectivity index (χ3v) is 7.37. The zero-order valence-electron chi connectivity index (χ0n) is 17.6. The molecule has 0 unspecified atom stereocenters. The fourth-order valence-electron chi connectivity index (χ4n) is 5.43. The third-order valence-electron chi connectivity index (χ3n) is 7.04. The van der Waals surface area contributed by atoms with Crippen molar-refractivity contribution in [2.24, 2.45) is 5.41 Å². The van der Waals surface area contributed by atoms with Crippen LogP contribution in [0.25, 0.3) is 16.8 Å². The molecule has 3 aromatic heterocycles. The monoisotopic (exact) mass is 429 g/mol. The molecule has 0 radical (unpaired) electrons. The molecule has 4 heterocycles. The number of fused-ring (bicyclic) bond motifs is 2. The maximum absolute atomic E-state index is 6.51. The van der Waals surface area contributed by atoms with E-state index in [0.29, 0.717) is 10.4 Å². The summed E-state index contributed by atoms with van der Waals surface area (Å²) >= 11 is 6.51. The van der Waals surface area contributed by atoms with Gasteiger partial charge < -0.3 is 4.90 Å². The predicted molar refractivity (Wildman–Crippen MR) is 124 cm³/mol. The van der Waals surface area contributed by atoms with Gasteiger partial charge in [-0.15, -0.1) is 0 Å². The molecule has 6 heteroatoms. The number of aryl methyl sites for hydroxylation is 1. The second-order valence-corrected chi connectivity index (χ2v) is 9.33. The molecule has 5 nitrogen and oxygen atoms in total. The van der Waals surface area contributed by atoms with Crippen LogP contribution in [-0.4, -0.2) is 32.7 Å². The van der Waals surface area contributed by atoms with Gasteiger partial charge in [0, 0.05) is 30.5 Å². The summed E-state index contributed by atoms with van der Waals surface area (Å²) in [5.41, 5.74) is 6.99. The number of pyridine rings is 1. The number of aromatic nitrogens is 4. The van der Waals surface area contributed by atoms with Gasteiger partial charge in [-0.05, 0) is 61.8 Å². The predicted octanol–water partition coefficient (Wildman–Crippen LogP) is 5.14. The van der Waals surface area contributed by atoms with Crippen LogP contribution in [0.4, 0.5) is 5.82 Å². The van der Waals surface area contributed by atoms with Crippen molar-refractivity contribution in [2.75, 3.05) is 18.0 Å². The highest BCUT2D eigenvalue weighted by atomic mass is 35.5. The van der Waals surface area contributed by atoms with Gasteiger partial charge >= 0.3 is 0 Å². The Kier molecular flexibility index (Phi) is 4.29. The first-order valence-electron chi connectivity index (χ1n) is 10.9. The SMILES string of the molecule is Cc1nc(N2CCC3(CC2)Cc2cccnc2C3)c2ccnn2c1-c1ccccc1Cl. The first-order chi connectivity index (χ1) is 15.1. The Morgan fingerprint density at radius 3 is 2.61 bits per heavy atom. The summed E-state index contributed by atoms with van der Waals surface area (Å²) in [5, 5.41) is 5.35. The van der Waals surface area contributed by atoms with Gasteiger partial charge in [0.25, 0.3) is 0 Å². The fourth-order valence-corrected chi connectivity index (χ4v) is 5.65. The van der Waals surface area contributed by atoms with E-state index in [1.165, 1.54) is 11.3 Å². The number of halogens is 1. The Labute approximate surface area is 186 Å². The molecule has 1 saturated heterocycles. The first-order valence-corrected chi connectivity index (χ1v) is 11.3. The van der Waals surface area contributed by atoms with Gasteiger partial charge in [0.05, 0.1) is 22.6 Å². The van der Waals surface area contributed by atoms with Gasteiger partial charge in [0.15, 0.2) is 5.82 Å². The molecule has 1 aliphatic carbocycles. The molecule has 6 rings (SSSR count). The summed E-state index contributed by atoms with van der Waals surface area (Å²) in [6, 6.07) is 14.3. The Morgan fingerprint density at radius 1 is 0.968 bits per heavy atom. The van der Waals surface area contributed by atoms with E-state index < -0.39 is 0 Å². The minimum absolute atomic E-state index is 0.357. The zero-order chi connectivity index (χ0) is 21.0. The van der Waals surface area contributed by atoms with Crippen molar-refractivity contribution >= 4 is 22.9 Å². The normalized spacial score (nSPS) is 17.4. The van der Waals surface area contributed by atoms with Gasteiger partial charge in [0.1, 0.15) is 5.52 Å². The number of rotatable bonds is 2. The second kappa shape index (κ2) is 7.06. The van der Waals surface area contributed by atoms with E-state index in [4.69, 9.17) is 16.6 Å². The van der Waals surface area contributed by atoms with Crippen LogP contribution in [0.3, 0.4) is 0 Å². The molecule has 1 fully saturated rings. The first kappa shape index (κ1) is 18.8. The number of hydrogen-bond acceptors (Lipinski definition) is 4. The highest BCUT2D eigenvalue weighted by Gasteiger charge is 2.41. The highest BCUT2D eigenvalue weighted by Crippen LogP contribution is 2.45. The van der Waals surface area contributed by atoms with Crippen molar-refractivity contribution in [3.05, 3.63) is 76.8 Å². The van der Waals surface area contributed by atoms with Crippen molar-refractivity contribution < 1.29 is 0 Å². The highest BCUT2D eigenvalue weighted by molar-refractivity contribution is 6.33. The van der Waals surface area contributed by atoms with Crippen molar-refractivity contribution in [3.8, 4) is 11.3 Å². The average molecular weight is 430 g/mol. The van der Waals surface area contributed by atoms with E-state index in [1.54, 1.807) is 0 Å². The van der Waals surface area contributed by atoms with E-state index in [9.17, 15) is 0 Å². The maximum Gasteiger partial charge on any atom is 0.155 e. The molecule has 31 heavy (non-hydrogen) atoms. The van der Waals surface area contributed by atoms with Gasteiger partial charge in [0.2, 0.25) is 0 Å². The van der Waals surface area contributed by atoms with Crippen LogP contribution < -0.4 is 4.90 Å². The lowest BCUT2D eigenvalue weighted by Crippen LogP contribution is -2.41. The minimum Gasteiger partial charge on any atom is -0.355 e. The molecule has 0 bridgehead atoms. The zero-order valence-corrected chi connectivity index (χ0v) is 18.3. The van der Waals surface area contributed by atoms with Crippen molar-refractivity contribution in [3.63, 3.8) is 0 Å². The number of benzene rings is 1. The molecule has 0 amide bonds. The summed E-state index contributed by atoms with van der Waals surface area (Å²) in [7, 11) is 0. The van der Waals surface area contributed by atoms with Crippen LogP contribution in [0.5, 0.6) is 0 Å². The summed E-state index contributed by atoms with van der Waals surface area (Å²) in [6.07, 6.45) is 8.37. The van der Waals surface area contributed by atoms with Crippen molar-refractivity contribution in [2.45, 2.75) is 32.6 Å². The standard InChI is InChI=1S/C25H24ClN5/c1-17-23(19-6-2-3-7-20(19)26)31-22(8-12-28-31)24(29-17)30-13-9-25(10-14-30)15-18-5-4-11-27-21(18)16-25/h2-8,11-12H,9-10,13-16H2,1H3. The number of nitrogens with zero attached hydrogens (tertiary/aromatic N) is 5. The molecule has 1 aromatic carbocycles. The van der Waals surface area contributed by atoms with Crippen LogP contribution >= 0.6 is 11.6 Å². The topological polar surface area (TPSA) is 46.3 Å². The lowest BCUT2D eigenvalue weighted by Gasteiger charge is -2.40. The van der Waals surface area contributed by atoms with E-state index in [1.807, 2.05) is 48.1 Å². The van der Waals surface area contributed by atoms with Crippen molar-refractivity contribution in [1.29, 1.82) is 0 Å². The molecular weight excluding hydrogens is 406 g/mol. The molecule has 0 N–H and O–H groups in total. The number of piperidine rings is 1. The van der Waals surface area contributed by atoms with E-state index in [2.05, 4.69) is 33.2 Å². The molecule has 156 valence electrons. The Bertz CT molecular complexity index is 1260. The Morgan fingerprint density at radius 2 is 1.81 bits per heavy atom. The lowest BCUT2D eigenvalue weighted by molar-refractivity contribution is 0.231. The molecule has 0 atom stereocenters. The van der Waals surface area contributed by atoms with Crippen LogP contribution in [0.2, 0.25) is 5.02 Å². The minimum atomic E-state index is 0.357. The van der Waals surface area contributed by atoms with E-state index >= 15 is 0 Å². The van der Waals surface area contributed by atoms with Gasteiger partial charge in [-0.3, -0.25) is 4.98 Å². The largest absolute Gasteiger partial charge is 0.355 e. The van der Waals surface area contributed by atoms with Crippen molar-refractivity contribution in [1.82, 2.24) is 19.6 Å². The van der Waals surface area contributed by atoms with Crippen LogP contribution in [0, 0.1) is 12.3 Å². The quantitative estimate of drug-likeness (QED) is 0.442. The Hall–Kier alpha value is -2.92. The second-order valence-electron chi connectivity index (χ2n) is 8.93. The van der Waals surface area contributed by atoms with Crippen LogP contribution in [0.1, 0.15) is 29.8 Å². The summed E-state index contributed by atoms with van der Waals surface area (Å²) < 4.78 is 2.00. The fraction of sp³-hybridized carbons (Fsp3) is 0.320. The summed E-state index contributed by atoms with van der Waals surface area (Å²) in [6.45, 7) is 4.06. The number of anilines is 1. The smallest absolute Gasteiger partial charge is 0.155 e.